The molecule has 0 saturated heterocycles. The van der Waals surface area contributed by atoms with Crippen LogP contribution in [0.4, 0.5) is 13.2 Å². The minimum Gasteiger partial charge on any atom is -0.491 e. The van der Waals surface area contributed by atoms with Crippen LogP contribution in [0.5, 0.6) is 5.75 Å². The fourth-order valence-corrected chi connectivity index (χ4v) is 1.92. The molecule has 22 heavy (non-hydrogen) atoms. The van der Waals surface area contributed by atoms with Crippen LogP contribution >= 0.6 is 0 Å². The Bertz CT molecular complexity index is 503. The molecule has 0 aromatic heterocycles. The van der Waals surface area contributed by atoms with Crippen molar-refractivity contribution in [3.63, 3.8) is 0 Å². The minimum atomic E-state index is -4.61. The Balaban J connectivity index is 2.92. The standard InChI is InChI=1S/C15H20F3NO3/c1-10(20-3)8-11(2)22-13-7-5-6-12(9-13)14(19-21-4)15(16,17)18/h5-7,9-11H,8H2,1-4H3/b19-14-. The molecule has 1 aromatic rings. The summed E-state index contributed by atoms with van der Waals surface area (Å²) in [4.78, 5) is 4.28. The average Bonchev–Trinajstić information content (AvgIpc) is 2.43. The molecule has 0 N–H and O–H groups in total. The molecule has 1 rings (SSSR count). The molecule has 0 aliphatic rings. The summed E-state index contributed by atoms with van der Waals surface area (Å²) < 4.78 is 49.6. The molecule has 4 nitrogen and oxygen atoms in total. The van der Waals surface area contributed by atoms with Crippen LogP contribution in [0.3, 0.4) is 0 Å². The monoisotopic (exact) mass is 319 g/mol. The van der Waals surface area contributed by atoms with Gasteiger partial charge in [0.2, 0.25) is 0 Å². The van der Waals surface area contributed by atoms with E-state index in [4.69, 9.17) is 9.47 Å². The number of benzene rings is 1. The normalized spacial score (nSPS) is 15.3. The summed E-state index contributed by atoms with van der Waals surface area (Å²) in [6, 6.07) is 5.67. The third-order valence-electron chi connectivity index (χ3n) is 2.96. The van der Waals surface area contributed by atoms with Crippen molar-refractivity contribution >= 4 is 5.71 Å². The SMILES string of the molecule is CO/N=C(/c1cccc(OC(C)CC(C)OC)c1)C(F)(F)F. The number of alkyl halides is 3. The number of rotatable bonds is 7. The molecule has 1 aromatic carbocycles. The molecule has 0 radical (unpaired) electrons. The van der Waals surface area contributed by atoms with Crippen LogP contribution in [-0.2, 0) is 9.57 Å². The summed E-state index contributed by atoms with van der Waals surface area (Å²) in [6.45, 7) is 3.72. The summed E-state index contributed by atoms with van der Waals surface area (Å²) in [5, 5.41) is 3.06. The Morgan fingerprint density at radius 1 is 1.18 bits per heavy atom. The molecule has 0 spiro atoms. The molecule has 0 amide bonds. The number of ether oxygens (including phenoxy) is 2. The molecule has 2 unspecified atom stereocenters. The van der Waals surface area contributed by atoms with Crippen molar-refractivity contribution in [2.75, 3.05) is 14.2 Å². The highest BCUT2D eigenvalue weighted by atomic mass is 19.4. The summed E-state index contributed by atoms with van der Waals surface area (Å²) >= 11 is 0. The number of methoxy groups -OCH3 is 1. The molecule has 2 atom stereocenters. The zero-order valence-corrected chi connectivity index (χ0v) is 13.0. The first-order valence-corrected chi connectivity index (χ1v) is 6.76. The van der Waals surface area contributed by atoms with Crippen molar-refractivity contribution in [1.82, 2.24) is 0 Å². The van der Waals surface area contributed by atoms with Crippen molar-refractivity contribution in [3.05, 3.63) is 29.8 Å². The molecule has 0 aliphatic carbocycles. The van der Waals surface area contributed by atoms with Gasteiger partial charge in [-0.15, -0.1) is 0 Å². The van der Waals surface area contributed by atoms with Crippen molar-refractivity contribution < 1.29 is 27.5 Å². The van der Waals surface area contributed by atoms with E-state index in [0.29, 0.717) is 12.2 Å². The van der Waals surface area contributed by atoms with E-state index in [1.54, 1.807) is 13.2 Å². The fraction of sp³-hybridized carbons (Fsp3) is 0.533. The molecule has 124 valence electrons. The van der Waals surface area contributed by atoms with Gasteiger partial charge in [0.1, 0.15) is 12.9 Å². The molecule has 0 saturated carbocycles. The van der Waals surface area contributed by atoms with Crippen molar-refractivity contribution in [1.29, 1.82) is 0 Å². The average molecular weight is 319 g/mol. The third-order valence-corrected chi connectivity index (χ3v) is 2.96. The highest BCUT2D eigenvalue weighted by molar-refractivity contribution is 6.04. The van der Waals surface area contributed by atoms with Gasteiger partial charge in [-0.3, -0.25) is 0 Å². The number of nitrogens with zero attached hydrogens (tertiary/aromatic N) is 1. The quantitative estimate of drug-likeness (QED) is 0.567. The molecule has 7 heteroatoms. The lowest BCUT2D eigenvalue weighted by Crippen LogP contribution is -2.24. The third kappa shape index (κ3) is 5.55. The van der Waals surface area contributed by atoms with E-state index in [1.165, 1.54) is 18.2 Å². The van der Waals surface area contributed by atoms with E-state index in [-0.39, 0.29) is 17.8 Å². The Morgan fingerprint density at radius 2 is 1.86 bits per heavy atom. The van der Waals surface area contributed by atoms with Crippen LogP contribution in [0.25, 0.3) is 0 Å². The number of oxime groups is 1. The Kier molecular flexibility index (Phi) is 6.67. The first-order valence-electron chi connectivity index (χ1n) is 6.76. The van der Waals surface area contributed by atoms with Gasteiger partial charge in [-0.1, -0.05) is 17.3 Å². The lowest BCUT2D eigenvalue weighted by molar-refractivity contribution is -0.0607. The maximum atomic E-state index is 12.9. The Labute approximate surface area is 127 Å². The molecule has 0 fully saturated rings. The van der Waals surface area contributed by atoms with E-state index in [9.17, 15) is 13.2 Å². The molecule has 0 heterocycles. The zero-order valence-electron chi connectivity index (χ0n) is 13.0. The summed E-state index contributed by atoms with van der Waals surface area (Å²) in [6.07, 6.45) is -4.18. The predicted octanol–water partition coefficient (Wildman–Crippen LogP) is 3.79. The summed E-state index contributed by atoms with van der Waals surface area (Å²) in [5.74, 6) is 0.335. The second-order valence-corrected chi connectivity index (χ2v) is 4.86. The van der Waals surface area contributed by atoms with Crippen molar-refractivity contribution in [3.8, 4) is 5.75 Å². The maximum Gasteiger partial charge on any atom is 0.437 e. The van der Waals surface area contributed by atoms with E-state index in [2.05, 4.69) is 9.99 Å². The van der Waals surface area contributed by atoms with Crippen LogP contribution < -0.4 is 4.74 Å². The smallest absolute Gasteiger partial charge is 0.437 e. The molecule has 0 bridgehead atoms. The van der Waals surface area contributed by atoms with Crippen molar-refractivity contribution in [2.45, 2.75) is 38.7 Å². The van der Waals surface area contributed by atoms with Crippen LogP contribution in [0.1, 0.15) is 25.8 Å². The number of halogens is 3. The van der Waals surface area contributed by atoms with Gasteiger partial charge >= 0.3 is 6.18 Å². The highest BCUT2D eigenvalue weighted by Crippen LogP contribution is 2.25. The van der Waals surface area contributed by atoms with Gasteiger partial charge in [0.15, 0.2) is 5.71 Å². The minimum absolute atomic E-state index is 0.000951. The molecular weight excluding hydrogens is 299 g/mol. The second kappa shape index (κ2) is 8.03. The first-order chi connectivity index (χ1) is 10.3. The van der Waals surface area contributed by atoms with Gasteiger partial charge in [-0.25, -0.2) is 0 Å². The zero-order chi connectivity index (χ0) is 16.8. The van der Waals surface area contributed by atoms with E-state index >= 15 is 0 Å². The van der Waals surface area contributed by atoms with Crippen molar-refractivity contribution in [2.24, 2.45) is 5.16 Å². The second-order valence-electron chi connectivity index (χ2n) is 4.86. The van der Waals surface area contributed by atoms with Gasteiger partial charge < -0.3 is 14.3 Å². The van der Waals surface area contributed by atoms with E-state index < -0.39 is 11.9 Å². The number of hydrogen-bond donors (Lipinski definition) is 0. The Hall–Kier alpha value is -1.76. The molecule has 0 aliphatic heterocycles. The van der Waals surface area contributed by atoms with Gasteiger partial charge in [0.05, 0.1) is 12.2 Å². The van der Waals surface area contributed by atoms with Crippen LogP contribution in [-0.4, -0.2) is 38.3 Å². The first kappa shape index (κ1) is 18.3. The highest BCUT2D eigenvalue weighted by Gasteiger charge is 2.38. The Morgan fingerprint density at radius 3 is 2.41 bits per heavy atom. The van der Waals surface area contributed by atoms with Gasteiger partial charge in [0, 0.05) is 19.1 Å². The summed E-state index contributed by atoms with van der Waals surface area (Å²) in [5.41, 5.74) is -1.21. The topological polar surface area (TPSA) is 40.0 Å². The van der Waals surface area contributed by atoms with Gasteiger partial charge in [-0.05, 0) is 26.0 Å². The van der Waals surface area contributed by atoms with Gasteiger partial charge in [-0.2, -0.15) is 13.2 Å². The van der Waals surface area contributed by atoms with Crippen LogP contribution in [0.2, 0.25) is 0 Å². The lowest BCUT2D eigenvalue weighted by Gasteiger charge is -2.18. The van der Waals surface area contributed by atoms with Crippen LogP contribution in [0, 0.1) is 0 Å². The van der Waals surface area contributed by atoms with Gasteiger partial charge in [0.25, 0.3) is 0 Å². The predicted molar refractivity (Wildman–Crippen MR) is 77.2 cm³/mol. The van der Waals surface area contributed by atoms with E-state index in [0.717, 1.165) is 7.11 Å². The number of hydrogen-bond acceptors (Lipinski definition) is 4. The maximum absolute atomic E-state index is 12.9. The summed E-state index contributed by atoms with van der Waals surface area (Å²) in [7, 11) is 2.66. The lowest BCUT2D eigenvalue weighted by atomic mass is 10.1. The molecular formula is C15H20F3NO3. The van der Waals surface area contributed by atoms with Crippen LogP contribution in [0.15, 0.2) is 29.4 Å². The largest absolute Gasteiger partial charge is 0.491 e. The van der Waals surface area contributed by atoms with E-state index in [1.807, 2.05) is 13.8 Å². The fourth-order valence-electron chi connectivity index (χ4n) is 1.92.